The minimum Gasteiger partial charge on any atom is -0.341 e. The summed E-state index contributed by atoms with van der Waals surface area (Å²) in [7, 11) is 1.91. The summed E-state index contributed by atoms with van der Waals surface area (Å²) in [6, 6.07) is 6.23. The molecule has 1 N–H and O–H groups in total. The maximum atomic E-state index is 12.3. The van der Waals surface area contributed by atoms with Gasteiger partial charge < -0.3 is 10.2 Å². The summed E-state index contributed by atoms with van der Waals surface area (Å²) in [6.07, 6.45) is 2.93. The first-order valence-electron chi connectivity index (χ1n) is 7.26. The molecule has 2 rings (SSSR count). The van der Waals surface area contributed by atoms with Gasteiger partial charge in [0.2, 0.25) is 5.91 Å². The molecule has 0 unspecified atom stereocenters. The van der Waals surface area contributed by atoms with E-state index in [2.05, 4.69) is 40.3 Å². The Balaban J connectivity index is 1.91. The highest BCUT2D eigenvalue weighted by Crippen LogP contribution is 2.20. The van der Waals surface area contributed by atoms with Crippen LogP contribution in [0.4, 0.5) is 0 Å². The van der Waals surface area contributed by atoms with E-state index < -0.39 is 0 Å². The lowest BCUT2D eigenvalue weighted by atomic mass is 9.94. The molecule has 1 aromatic carbocycles. The molecule has 1 aliphatic rings. The number of carbonyl (C=O) groups is 1. The molecular formula is C16H23BrN2O. The molecule has 0 bridgehead atoms. The minimum absolute atomic E-state index is 0.260. The summed E-state index contributed by atoms with van der Waals surface area (Å²) >= 11 is 3.49. The molecule has 1 amide bonds. The average Bonchev–Trinajstić information content (AvgIpc) is 2.44. The Labute approximate surface area is 129 Å². The van der Waals surface area contributed by atoms with Gasteiger partial charge in [0, 0.05) is 24.5 Å². The average molecular weight is 339 g/mol. The molecule has 3 nitrogen and oxygen atoms in total. The van der Waals surface area contributed by atoms with E-state index in [1.54, 1.807) is 0 Å². The Kier molecular flexibility index (Phi) is 5.61. The van der Waals surface area contributed by atoms with E-state index in [0.29, 0.717) is 18.9 Å². The zero-order valence-corrected chi connectivity index (χ0v) is 13.9. The number of nitrogens with zero attached hydrogens (tertiary/aromatic N) is 1. The monoisotopic (exact) mass is 338 g/mol. The third-order valence-corrected chi connectivity index (χ3v) is 4.56. The summed E-state index contributed by atoms with van der Waals surface area (Å²) in [6.45, 7) is 4.88. The normalized spacial score (nSPS) is 16.1. The van der Waals surface area contributed by atoms with Crippen LogP contribution >= 0.6 is 15.9 Å². The van der Waals surface area contributed by atoms with Crippen molar-refractivity contribution < 1.29 is 4.79 Å². The quantitative estimate of drug-likeness (QED) is 0.914. The Bertz CT molecular complexity index is 470. The number of amides is 1. The first kappa shape index (κ1) is 15.5. The first-order chi connectivity index (χ1) is 9.56. The molecule has 0 spiro atoms. The smallest absolute Gasteiger partial charge is 0.222 e. The summed E-state index contributed by atoms with van der Waals surface area (Å²) in [5.41, 5.74) is 2.44. The number of nitrogens with one attached hydrogen (secondary N) is 1. The van der Waals surface area contributed by atoms with Gasteiger partial charge in [0.25, 0.3) is 0 Å². The highest BCUT2D eigenvalue weighted by Gasteiger charge is 2.19. The predicted octanol–water partition coefficient (Wildman–Crippen LogP) is 3.11. The molecule has 20 heavy (non-hydrogen) atoms. The Morgan fingerprint density at radius 1 is 1.40 bits per heavy atom. The van der Waals surface area contributed by atoms with Crippen LogP contribution < -0.4 is 5.32 Å². The fourth-order valence-corrected chi connectivity index (χ4v) is 3.05. The Hall–Kier alpha value is -0.870. The third-order valence-electron chi connectivity index (χ3n) is 4.07. The van der Waals surface area contributed by atoms with Gasteiger partial charge in [-0.05, 0) is 62.0 Å². The SMILES string of the molecule is Cc1ccc(Br)cc1CN(C)C(=O)CC1CCNCC1. The van der Waals surface area contributed by atoms with Crippen molar-refractivity contribution >= 4 is 21.8 Å². The lowest BCUT2D eigenvalue weighted by Gasteiger charge is -2.25. The van der Waals surface area contributed by atoms with E-state index in [0.717, 1.165) is 30.4 Å². The van der Waals surface area contributed by atoms with E-state index in [1.807, 2.05) is 18.0 Å². The van der Waals surface area contributed by atoms with Gasteiger partial charge in [0.05, 0.1) is 0 Å². The van der Waals surface area contributed by atoms with Crippen molar-refractivity contribution in [1.29, 1.82) is 0 Å². The van der Waals surface area contributed by atoms with E-state index in [9.17, 15) is 4.79 Å². The number of carbonyl (C=O) groups excluding carboxylic acids is 1. The summed E-state index contributed by atoms with van der Waals surface area (Å²) in [5, 5.41) is 3.34. The van der Waals surface area contributed by atoms with Crippen LogP contribution in [0.5, 0.6) is 0 Å². The fourth-order valence-electron chi connectivity index (χ4n) is 2.64. The van der Waals surface area contributed by atoms with Crippen molar-refractivity contribution in [3.8, 4) is 0 Å². The molecule has 1 aromatic rings. The van der Waals surface area contributed by atoms with Gasteiger partial charge in [-0.2, -0.15) is 0 Å². The molecule has 0 radical (unpaired) electrons. The van der Waals surface area contributed by atoms with Crippen LogP contribution in [0.3, 0.4) is 0 Å². The second kappa shape index (κ2) is 7.23. The molecule has 0 atom stereocenters. The maximum Gasteiger partial charge on any atom is 0.222 e. The molecule has 1 heterocycles. The second-order valence-electron chi connectivity index (χ2n) is 5.72. The van der Waals surface area contributed by atoms with Crippen LogP contribution in [-0.2, 0) is 11.3 Å². The number of piperidine rings is 1. The van der Waals surface area contributed by atoms with Crippen molar-refractivity contribution in [3.63, 3.8) is 0 Å². The van der Waals surface area contributed by atoms with Crippen LogP contribution in [0, 0.1) is 12.8 Å². The van der Waals surface area contributed by atoms with Gasteiger partial charge in [0.1, 0.15) is 0 Å². The third kappa shape index (κ3) is 4.32. The van der Waals surface area contributed by atoms with E-state index in [1.165, 1.54) is 11.1 Å². The zero-order valence-electron chi connectivity index (χ0n) is 12.3. The molecule has 0 aliphatic carbocycles. The summed E-state index contributed by atoms with van der Waals surface area (Å²) in [5.74, 6) is 0.811. The standard InChI is InChI=1S/C16H23BrN2O/c1-12-3-4-15(17)10-14(12)11-19(2)16(20)9-13-5-7-18-8-6-13/h3-4,10,13,18H,5-9,11H2,1-2H3. The number of rotatable bonds is 4. The minimum atomic E-state index is 0.260. The van der Waals surface area contributed by atoms with Gasteiger partial charge >= 0.3 is 0 Å². The highest BCUT2D eigenvalue weighted by atomic mass is 79.9. The van der Waals surface area contributed by atoms with Crippen LogP contribution in [0.15, 0.2) is 22.7 Å². The first-order valence-corrected chi connectivity index (χ1v) is 8.05. The van der Waals surface area contributed by atoms with Crippen LogP contribution in [0.1, 0.15) is 30.4 Å². The van der Waals surface area contributed by atoms with Gasteiger partial charge in [-0.15, -0.1) is 0 Å². The van der Waals surface area contributed by atoms with Gasteiger partial charge in [-0.1, -0.05) is 22.0 Å². The van der Waals surface area contributed by atoms with E-state index in [-0.39, 0.29) is 5.91 Å². The zero-order chi connectivity index (χ0) is 14.5. The Morgan fingerprint density at radius 2 is 2.10 bits per heavy atom. The lowest BCUT2D eigenvalue weighted by molar-refractivity contribution is -0.131. The van der Waals surface area contributed by atoms with Crippen LogP contribution in [-0.4, -0.2) is 30.9 Å². The molecule has 0 saturated carbocycles. The molecular weight excluding hydrogens is 316 g/mol. The molecule has 1 fully saturated rings. The van der Waals surface area contributed by atoms with Crippen molar-refractivity contribution in [2.24, 2.45) is 5.92 Å². The lowest BCUT2D eigenvalue weighted by Crippen LogP contribution is -2.33. The second-order valence-corrected chi connectivity index (χ2v) is 6.63. The number of hydrogen-bond acceptors (Lipinski definition) is 2. The van der Waals surface area contributed by atoms with Crippen LogP contribution in [0.25, 0.3) is 0 Å². The largest absolute Gasteiger partial charge is 0.341 e. The topological polar surface area (TPSA) is 32.3 Å². The van der Waals surface area contributed by atoms with E-state index >= 15 is 0 Å². The molecule has 1 saturated heterocycles. The molecule has 1 aliphatic heterocycles. The van der Waals surface area contributed by atoms with E-state index in [4.69, 9.17) is 0 Å². The molecule has 0 aromatic heterocycles. The fraction of sp³-hybridized carbons (Fsp3) is 0.562. The van der Waals surface area contributed by atoms with Gasteiger partial charge in [0.15, 0.2) is 0 Å². The van der Waals surface area contributed by atoms with Crippen molar-refractivity contribution in [2.75, 3.05) is 20.1 Å². The number of aryl methyl sites for hydroxylation is 1. The van der Waals surface area contributed by atoms with Crippen molar-refractivity contribution in [1.82, 2.24) is 10.2 Å². The molecule has 110 valence electrons. The van der Waals surface area contributed by atoms with Gasteiger partial charge in [-0.3, -0.25) is 4.79 Å². The molecule has 4 heteroatoms. The predicted molar refractivity (Wildman–Crippen MR) is 85.6 cm³/mol. The number of benzene rings is 1. The highest BCUT2D eigenvalue weighted by molar-refractivity contribution is 9.10. The van der Waals surface area contributed by atoms with Crippen molar-refractivity contribution in [3.05, 3.63) is 33.8 Å². The Morgan fingerprint density at radius 3 is 2.80 bits per heavy atom. The van der Waals surface area contributed by atoms with Crippen LogP contribution in [0.2, 0.25) is 0 Å². The summed E-state index contributed by atoms with van der Waals surface area (Å²) in [4.78, 5) is 14.2. The maximum absolute atomic E-state index is 12.3. The summed E-state index contributed by atoms with van der Waals surface area (Å²) < 4.78 is 1.07. The number of hydrogen-bond donors (Lipinski definition) is 1. The number of halogens is 1. The van der Waals surface area contributed by atoms with Gasteiger partial charge in [-0.25, -0.2) is 0 Å². The van der Waals surface area contributed by atoms with Crippen molar-refractivity contribution in [2.45, 2.75) is 32.7 Å².